The monoisotopic (exact) mass is 1210 g/mol. The third-order valence-electron chi connectivity index (χ3n) is 15.5. The van der Waals surface area contributed by atoms with Crippen LogP contribution >= 0.6 is 0 Å². The molecule has 4 rings (SSSR count). The summed E-state index contributed by atoms with van der Waals surface area (Å²) < 4.78 is 294. The summed E-state index contributed by atoms with van der Waals surface area (Å²) in [4.78, 5) is 2.59. The zero-order valence-electron chi connectivity index (χ0n) is 47.6. The van der Waals surface area contributed by atoms with Gasteiger partial charge in [0, 0.05) is 0 Å². The van der Waals surface area contributed by atoms with Gasteiger partial charge in [0.2, 0.25) is 0 Å². The third-order valence-corrected chi connectivity index (χ3v) is 15.5. The lowest BCUT2D eigenvalue weighted by Gasteiger charge is -2.44. The van der Waals surface area contributed by atoms with Gasteiger partial charge in [-0.25, -0.2) is 87.8 Å². The average Bonchev–Trinajstić information content (AvgIpc) is 0.782. The average molecular weight is 1220 g/mol. The van der Waals surface area contributed by atoms with Gasteiger partial charge in [-0.2, -0.15) is 0 Å². The normalized spacial score (nSPS) is 11.9. The summed E-state index contributed by atoms with van der Waals surface area (Å²) in [6.45, 7) is 7.25. The highest BCUT2D eigenvalue weighted by atomic mass is 19.2. The first-order chi connectivity index (χ1) is 39.5. The molecular formula is C61H77BF20N-. The van der Waals surface area contributed by atoms with E-state index in [0.717, 1.165) is 0 Å². The van der Waals surface area contributed by atoms with E-state index in [2.05, 4.69) is 25.8 Å². The largest absolute Gasteiger partial charge is 0.306 e. The van der Waals surface area contributed by atoms with Crippen LogP contribution < -0.4 is 21.9 Å². The summed E-state index contributed by atoms with van der Waals surface area (Å²) >= 11 is 0. The molecule has 0 N–H and O–H groups in total. The highest BCUT2D eigenvalue weighted by molar-refractivity contribution is 7.20. The van der Waals surface area contributed by atoms with Crippen molar-refractivity contribution in [2.24, 2.45) is 0 Å². The lowest BCUT2D eigenvalue weighted by atomic mass is 9.12. The van der Waals surface area contributed by atoms with Crippen molar-refractivity contribution in [3.63, 3.8) is 0 Å². The Bertz CT molecular complexity index is 2210. The maximum atomic E-state index is 15.4. The fraction of sp³-hybridized carbons (Fsp3) is 0.607. The molecule has 0 aliphatic heterocycles. The van der Waals surface area contributed by atoms with Crippen molar-refractivity contribution in [1.29, 1.82) is 0 Å². The van der Waals surface area contributed by atoms with Gasteiger partial charge in [0.25, 0.3) is 0 Å². The summed E-state index contributed by atoms with van der Waals surface area (Å²) in [7, 11) is 2.34. The maximum absolute atomic E-state index is 15.4. The first-order valence-corrected chi connectivity index (χ1v) is 29.4. The van der Waals surface area contributed by atoms with Crippen molar-refractivity contribution in [3.8, 4) is 0 Å². The van der Waals surface area contributed by atoms with E-state index in [4.69, 9.17) is 0 Å². The van der Waals surface area contributed by atoms with Gasteiger partial charge in [-0.1, -0.05) is 206 Å². The van der Waals surface area contributed by atoms with Gasteiger partial charge in [0.15, 0.2) is 69.8 Å². The van der Waals surface area contributed by atoms with Gasteiger partial charge in [0.1, 0.15) is 52.7 Å². The number of hydrogen-bond donors (Lipinski definition) is 0. The molecule has 0 bridgehead atoms. The Morgan fingerprint density at radius 1 is 0.193 bits per heavy atom. The minimum atomic E-state index is -7.22. The van der Waals surface area contributed by atoms with Crippen molar-refractivity contribution in [1.82, 2.24) is 4.90 Å². The summed E-state index contributed by atoms with van der Waals surface area (Å²) in [6.07, 6.45) is 39.6. The standard InChI is InChI=1S/C37H77N.C24BF20/c1-4-6-8-10-12-14-16-18-20-22-24-26-28-30-32-34-36-38(3)37-35-33-31-29-27-25-23-21-19-17-15-13-11-9-7-5-2;26-5-1(6(27)14(35)21(42)13(5)34)25(2-7(28)15(36)22(43)16(37)8(2)29,3-9(30)17(38)23(44)18(39)10(3)31)4-11(32)19(40)24(45)20(41)12(4)33/h4-37H2,1-3H3;/q;-1. The van der Waals surface area contributed by atoms with Crippen molar-refractivity contribution in [2.75, 3.05) is 20.1 Å². The van der Waals surface area contributed by atoms with Crippen LogP contribution in [-0.2, 0) is 0 Å². The zero-order chi connectivity index (χ0) is 62.0. The van der Waals surface area contributed by atoms with E-state index in [1.807, 2.05) is 0 Å². The number of halogens is 20. The highest BCUT2D eigenvalue weighted by Gasteiger charge is 2.52. The summed E-state index contributed by atoms with van der Waals surface area (Å²) in [5.74, 6) is -71.4. The molecule has 4 aromatic carbocycles. The molecule has 470 valence electrons. The molecule has 0 amide bonds. The van der Waals surface area contributed by atoms with Crippen molar-refractivity contribution < 1.29 is 87.8 Å². The molecule has 0 aromatic heterocycles. The van der Waals surface area contributed by atoms with E-state index < -0.39 is 144 Å². The smallest absolute Gasteiger partial charge is 0.200 e. The lowest BCUT2D eigenvalue weighted by molar-refractivity contribution is 0.314. The van der Waals surface area contributed by atoms with E-state index >= 15 is 35.1 Å². The molecule has 83 heavy (non-hydrogen) atoms. The van der Waals surface area contributed by atoms with Gasteiger partial charge in [-0.3, -0.25) is 0 Å². The number of hydrogen-bond acceptors (Lipinski definition) is 1. The van der Waals surface area contributed by atoms with Crippen LogP contribution in [0.4, 0.5) is 87.8 Å². The molecular weight excluding hydrogens is 1140 g/mol. The molecule has 0 aliphatic carbocycles. The molecule has 0 radical (unpaired) electrons. The lowest BCUT2D eigenvalue weighted by Crippen LogP contribution is -2.81. The molecule has 4 aromatic rings. The summed E-state index contributed by atoms with van der Waals surface area (Å²) in [6, 6.07) is 0. The SMILES string of the molecule is CCCCCCCCCCCCCCCCCCN(C)CCCCCCCCCCCCCCCCCC.Fc1c(F)c(F)c([B-](c2c(F)c(F)c(F)c(F)c2F)(c2c(F)c(F)c(F)c(F)c2F)c2c(F)c(F)c(F)c(F)c2F)c(F)c1F. The Morgan fingerprint density at radius 2 is 0.313 bits per heavy atom. The second kappa shape index (κ2) is 37.1. The van der Waals surface area contributed by atoms with Crippen molar-refractivity contribution in [3.05, 3.63) is 116 Å². The van der Waals surface area contributed by atoms with Crippen LogP contribution in [-0.4, -0.2) is 31.2 Å². The van der Waals surface area contributed by atoms with Gasteiger partial charge in [0.05, 0.1) is 0 Å². The fourth-order valence-corrected chi connectivity index (χ4v) is 10.8. The van der Waals surface area contributed by atoms with Crippen LogP contribution in [0, 0.1) is 116 Å². The predicted molar refractivity (Wildman–Crippen MR) is 286 cm³/mol. The fourth-order valence-electron chi connectivity index (χ4n) is 10.8. The Kier molecular flexibility index (Phi) is 32.6. The van der Waals surface area contributed by atoms with E-state index in [-0.39, 0.29) is 0 Å². The number of benzene rings is 4. The second-order valence-corrected chi connectivity index (χ2v) is 21.7. The van der Waals surface area contributed by atoms with Crippen LogP contribution in [0.2, 0.25) is 0 Å². The molecule has 0 heterocycles. The quantitative estimate of drug-likeness (QED) is 0.0142. The van der Waals surface area contributed by atoms with Gasteiger partial charge in [-0.15, -0.1) is 21.9 Å². The van der Waals surface area contributed by atoms with E-state index in [1.54, 1.807) is 0 Å². The third kappa shape index (κ3) is 19.2. The van der Waals surface area contributed by atoms with E-state index in [1.165, 1.54) is 219 Å². The zero-order valence-corrected chi connectivity index (χ0v) is 47.6. The summed E-state index contributed by atoms with van der Waals surface area (Å²) in [5, 5.41) is 0. The molecule has 0 unspecified atom stereocenters. The van der Waals surface area contributed by atoms with E-state index in [0.29, 0.717) is 0 Å². The molecule has 0 aliphatic rings. The first-order valence-electron chi connectivity index (χ1n) is 29.4. The van der Waals surface area contributed by atoms with Crippen LogP contribution in [0.15, 0.2) is 0 Å². The molecule has 0 saturated carbocycles. The van der Waals surface area contributed by atoms with Crippen molar-refractivity contribution >= 4 is 28.0 Å². The van der Waals surface area contributed by atoms with Crippen LogP contribution in [0.1, 0.15) is 219 Å². The predicted octanol–water partition coefficient (Wildman–Crippen LogP) is 19.3. The van der Waals surface area contributed by atoms with Gasteiger partial charge in [-0.05, 0) is 33.0 Å². The Hall–Kier alpha value is -4.50. The molecule has 0 atom stereocenters. The Balaban J connectivity index is 0.000000443. The second-order valence-electron chi connectivity index (χ2n) is 21.7. The molecule has 0 fully saturated rings. The van der Waals surface area contributed by atoms with E-state index in [9.17, 15) is 52.7 Å². The number of nitrogens with zero attached hydrogens (tertiary/aromatic N) is 1. The number of unbranched alkanes of at least 4 members (excludes halogenated alkanes) is 30. The minimum absolute atomic E-state index is 1.32. The Morgan fingerprint density at radius 3 is 0.458 bits per heavy atom. The van der Waals surface area contributed by atoms with Crippen LogP contribution in [0.5, 0.6) is 0 Å². The van der Waals surface area contributed by atoms with Crippen molar-refractivity contribution in [2.45, 2.75) is 219 Å². The molecule has 1 nitrogen and oxygen atoms in total. The van der Waals surface area contributed by atoms with Crippen LogP contribution in [0.25, 0.3) is 0 Å². The summed E-state index contributed by atoms with van der Waals surface area (Å²) in [5.41, 5.74) is -14.3. The topological polar surface area (TPSA) is 3.24 Å². The molecule has 0 spiro atoms. The van der Waals surface area contributed by atoms with Gasteiger partial charge >= 0.3 is 0 Å². The Labute approximate surface area is 475 Å². The first kappa shape index (κ1) is 72.8. The van der Waals surface area contributed by atoms with Gasteiger partial charge < -0.3 is 4.90 Å². The highest BCUT2D eigenvalue weighted by Crippen LogP contribution is 2.31. The molecule has 22 heteroatoms. The molecule has 0 saturated heterocycles. The number of rotatable bonds is 38. The van der Waals surface area contributed by atoms with Crippen LogP contribution in [0.3, 0.4) is 0 Å². The minimum Gasteiger partial charge on any atom is -0.306 e. The maximum Gasteiger partial charge on any atom is 0.200 e.